The second-order valence-corrected chi connectivity index (χ2v) is 7.08. The van der Waals surface area contributed by atoms with Crippen LogP contribution in [0.2, 0.25) is 0 Å². The van der Waals surface area contributed by atoms with Gasteiger partial charge in [0.2, 0.25) is 0 Å². The van der Waals surface area contributed by atoms with E-state index in [1.807, 2.05) is 18.2 Å². The summed E-state index contributed by atoms with van der Waals surface area (Å²) in [6.07, 6.45) is 5.35. The van der Waals surface area contributed by atoms with E-state index >= 15 is 0 Å². The van der Waals surface area contributed by atoms with Crippen LogP contribution in [0.5, 0.6) is 17.2 Å². The van der Waals surface area contributed by atoms with Crippen molar-refractivity contribution in [2.75, 3.05) is 41.5 Å². The molecule has 0 unspecified atom stereocenters. The lowest BCUT2D eigenvalue weighted by atomic mass is 10.1. The van der Waals surface area contributed by atoms with E-state index in [2.05, 4.69) is 60.5 Å². The second kappa shape index (κ2) is 9.99. The van der Waals surface area contributed by atoms with Crippen LogP contribution in [0.15, 0.2) is 60.7 Å². The first kappa shape index (κ1) is 20.7. The molecule has 0 aliphatic carbocycles. The fourth-order valence-corrected chi connectivity index (χ4v) is 3.29. The predicted molar refractivity (Wildman–Crippen MR) is 120 cm³/mol. The quantitative estimate of drug-likeness (QED) is 0.511. The summed E-state index contributed by atoms with van der Waals surface area (Å²) < 4.78 is 16.0. The van der Waals surface area contributed by atoms with E-state index in [1.54, 1.807) is 21.3 Å². The molecule has 29 heavy (non-hydrogen) atoms. The summed E-state index contributed by atoms with van der Waals surface area (Å²) in [6.45, 7) is 1.87. The zero-order valence-corrected chi connectivity index (χ0v) is 17.6. The van der Waals surface area contributed by atoms with Gasteiger partial charge in [0.05, 0.1) is 21.3 Å². The molecule has 4 nitrogen and oxygen atoms in total. The van der Waals surface area contributed by atoms with Crippen molar-refractivity contribution in [3.8, 4) is 17.2 Å². The van der Waals surface area contributed by atoms with Gasteiger partial charge in [-0.25, -0.2) is 0 Å². The third-order valence-electron chi connectivity index (χ3n) is 5.03. The van der Waals surface area contributed by atoms with Crippen molar-refractivity contribution in [2.45, 2.75) is 6.42 Å². The standard InChI is InChI=1S/C25H29NO3/c1-26(15-13-20-8-12-24(28-3)25(17-20)29-4)14-5-6-19-7-9-22-18-23(27-2)11-10-21(22)16-19/h5-12,16-18H,13-15H2,1-4H3/b6-5+. The maximum Gasteiger partial charge on any atom is 0.160 e. The minimum atomic E-state index is 0.765. The first-order valence-corrected chi connectivity index (χ1v) is 9.76. The van der Waals surface area contributed by atoms with Crippen LogP contribution in [0.3, 0.4) is 0 Å². The molecule has 0 fully saturated rings. The summed E-state index contributed by atoms with van der Waals surface area (Å²) in [5, 5.41) is 2.41. The minimum absolute atomic E-state index is 0.765. The Morgan fingerprint density at radius 3 is 2.31 bits per heavy atom. The molecular weight excluding hydrogens is 362 g/mol. The van der Waals surface area contributed by atoms with Gasteiger partial charge >= 0.3 is 0 Å². The maximum absolute atomic E-state index is 5.38. The fourth-order valence-electron chi connectivity index (χ4n) is 3.29. The Morgan fingerprint density at radius 1 is 0.793 bits per heavy atom. The van der Waals surface area contributed by atoms with Crippen molar-refractivity contribution in [3.63, 3.8) is 0 Å². The van der Waals surface area contributed by atoms with E-state index in [1.165, 1.54) is 21.9 Å². The van der Waals surface area contributed by atoms with Crippen LogP contribution >= 0.6 is 0 Å². The predicted octanol–water partition coefficient (Wildman–Crippen LogP) is 5.05. The van der Waals surface area contributed by atoms with E-state index in [-0.39, 0.29) is 0 Å². The number of hydrogen-bond donors (Lipinski definition) is 0. The molecule has 4 heteroatoms. The number of ether oxygens (including phenoxy) is 3. The molecule has 0 N–H and O–H groups in total. The molecule has 0 saturated carbocycles. The van der Waals surface area contributed by atoms with Gasteiger partial charge in [-0.05, 0) is 65.7 Å². The molecule has 0 heterocycles. The number of fused-ring (bicyclic) bond motifs is 1. The van der Waals surface area contributed by atoms with Gasteiger partial charge in [0.15, 0.2) is 11.5 Å². The van der Waals surface area contributed by atoms with Crippen LogP contribution in [0.25, 0.3) is 16.8 Å². The Hall–Kier alpha value is -2.98. The van der Waals surface area contributed by atoms with Crippen LogP contribution in [0, 0.1) is 0 Å². The van der Waals surface area contributed by atoms with E-state index in [0.717, 1.165) is 36.8 Å². The number of rotatable bonds is 9. The maximum atomic E-state index is 5.38. The molecule has 3 rings (SSSR count). The van der Waals surface area contributed by atoms with Crippen molar-refractivity contribution in [1.82, 2.24) is 4.90 Å². The summed E-state index contributed by atoms with van der Waals surface area (Å²) in [6, 6.07) is 18.7. The van der Waals surface area contributed by atoms with Gasteiger partial charge < -0.3 is 19.1 Å². The van der Waals surface area contributed by atoms with Gasteiger partial charge in [-0.1, -0.05) is 36.4 Å². The Bertz CT molecular complexity index is 981. The molecule has 0 amide bonds. The first-order valence-electron chi connectivity index (χ1n) is 9.76. The lowest BCUT2D eigenvalue weighted by Crippen LogP contribution is -2.21. The van der Waals surface area contributed by atoms with Gasteiger partial charge in [-0.3, -0.25) is 0 Å². The highest BCUT2D eigenvalue weighted by atomic mass is 16.5. The summed E-state index contributed by atoms with van der Waals surface area (Å²) in [5.74, 6) is 2.43. The largest absolute Gasteiger partial charge is 0.497 e. The average Bonchev–Trinajstić information content (AvgIpc) is 2.77. The SMILES string of the molecule is COc1ccc2cc(/C=C/CN(C)CCc3ccc(OC)c(OC)c3)ccc2c1. The number of methoxy groups -OCH3 is 3. The van der Waals surface area contributed by atoms with E-state index < -0.39 is 0 Å². The third kappa shape index (κ3) is 5.52. The summed E-state index contributed by atoms with van der Waals surface area (Å²) in [5.41, 5.74) is 2.44. The second-order valence-electron chi connectivity index (χ2n) is 7.08. The highest BCUT2D eigenvalue weighted by Gasteiger charge is 2.05. The molecule has 0 atom stereocenters. The van der Waals surface area contributed by atoms with Gasteiger partial charge in [-0.15, -0.1) is 0 Å². The molecule has 0 aliphatic heterocycles. The Kier molecular flexibility index (Phi) is 7.14. The molecular formula is C25H29NO3. The molecule has 3 aromatic carbocycles. The number of likely N-dealkylation sites (N-methyl/N-ethyl adjacent to an activating group) is 1. The van der Waals surface area contributed by atoms with Crippen molar-refractivity contribution in [1.29, 1.82) is 0 Å². The Labute approximate surface area is 173 Å². The van der Waals surface area contributed by atoms with Crippen LogP contribution in [0.1, 0.15) is 11.1 Å². The van der Waals surface area contributed by atoms with Gasteiger partial charge in [0.1, 0.15) is 5.75 Å². The topological polar surface area (TPSA) is 30.9 Å². The molecule has 0 bridgehead atoms. The average molecular weight is 392 g/mol. The third-order valence-corrected chi connectivity index (χ3v) is 5.03. The summed E-state index contributed by atoms with van der Waals surface area (Å²) in [4.78, 5) is 2.30. The highest BCUT2D eigenvalue weighted by Crippen LogP contribution is 2.27. The smallest absolute Gasteiger partial charge is 0.160 e. The Balaban J connectivity index is 1.54. The van der Waals surface area contributed by atoms with E-state index in [0.29, 0.717) is 0 Å². The van der Waals surface area contributed by atoms with Gasteiger partial charge in [-0.2, -0.15) is 0 Å². The fraction of sp³-hybridized carbons (Fsp3) is 0.280. The molecule has 152 valence electrons. The van der Waals surface area contributed by atoms with Crippen LogP contribution in [0.4, 0.5) is 0 Å². The highest BCUT2D eigenvalue weighted by molar-refractivity contribution is 5.86. The van der Waals surface area contributed by atoms with Gasteiger partial charge in [0, 0.05) is 13.1 Å². The normalized spacial score (nSPS) is 11.3. The molecule has 0 saturated heterocycles. The van der Waals surface area contributed by atoms with Crippen molar-refractivity contribution < 1.29 is 14.2 Å². The van der Waals surface area contributed by atoms with Crippen LogP contribution in [-0.4, -0.2) is 46.4 Å². The van der Waals surface area contributed by atoms with Crippen molar-refractivity contribution in [3.05, 3.63) is 71.8 Å². The number of benzene rings is 3. The Morgan fingerprint density at radius 2 is 1.55 bits per heavy atom. The lowest BCUT2D eigenvalue weighted by Gasteiger charge is -2.15. The first-order chi connectivity index (χ1) is 14.1. The number of hydrogen-bond acceptors (Lipinski definition) is 4. The summed E-state index contributed by atoms with van der Waals surface area (Å²) in [7, 11) is 7.16. The molecule has 0 spiro atoms. The van der Waals surface area contributed by atoms with Crippen LogP contribution in [-0.2, 0) is 6.42 Å². The van der Waals surface area contributed by atoms with Crippen molar-refractivity contribution in [2.24, 2.45) is 0 Å². The zero-order valence-electron chi connectivity index (χ0n) is 17.6. The summed E-state index contributed by atoms with van der Waals surface area (Å²) >= 11 is 0. The zero-order chi connectivity index (χ0) is 20.6. The molecule has 0 aromatic heterocycles. The van der Waals surface area contributed by atoms with Gasteiger partial charge in [0.25, 0.3) is 0 Å². The lowest BCUT2D eigenvalue weighted by molar-refractivity contribution is 0.353. The molecule has 0 aliphatic rings. The minimum Gasteiger partial charge on any atom is -0.497 e. The van der Waals surface area contributed by atoms with E-state index in [4.69, 9.17) is 14.2 Å². The number of nitrogens with zero attached hydrogens (tertiary/aromatic N) is 1. The van der Waals surface area contributed by atoms with E-state index in [9.17, 15) is 0 Å². The monoisotopic (exact) mass is 391 g/mol. The van der Waals surface area contributed by atoms with Crippen LogP contribution < -0.4 is 14.2 Å². The molecule has 3 aromatic rings. The molecule has 0 radical (unpaired) electrons. The van der Waals surface area contributed by atoms with Crippen molar-refractivity contribution >= 4 is 16.8 Å².